The minimum Gasteiger partial charge on any atom is -0.383 e. The van der Waals surface area contributed by atoms with Gasteiger partial charge in [0.2, 0.25) is 5.91 Å². The SMILES string of the molecule is COCCN(Cc1ccccn1)C(=O)CCCCCl. The maximum absolute atomic E-state index is 12.1. The van der Waals surface area contributed by atoms with Crippen LogP contribution in [-0.2, 0) is 16.1 Å². The molecule has 1 aromatic rings. The van der Waals surface area contributed by atoms with Crippen LogP contribution < -0.4 is 0 Å². The van der Waals surface area contributed by atoms with Crippen molar-refractivity contribution in [2.75, 3.05) is 26.1 Å². The average molecular weight is 285 g/mol. The van der Waals surface area contributed by atoms with Gasteiger partial charge in [0.15, 0.2) is 0 Å². The van der Waals surface area contributed by atoms with Crippen LogP contribution in [0.15, 0.2) is 24.4 Å². The molecule has 5 heteroatoms. The van der Waals surface area contributed by atoms with E-state index in [0.717, 1.165) is 18.5 Å². The van der Waals surface area contributed by atoms with Gasteiger partial charge in [0, 0.05) is 32.2 Å². The number of halogens is 1. The van der Waals surface area contributed by atoms with Crippen LogP contribution in [0.5, 0.6) is 0 Å². The number of carbonyl (C=O) groups is 1. The molecular formula is C14H21ClN2O2. The Morgan fingerprint density at radius 3 is 2.89 bits per heavy atom. The highest BCUT2D eigenvalue weighted by atomic mass is 35.5. The van der Waals surface area contributed by atoms with Crippen LogP contribution in [0, 0.1) is 0 Å². The highest BCUT2D eigenvalue weighted by molar-refractivity contribution is 6.17. The van der Waals surface area contributed by atoms with Gasteiger partial charge >= 0.3 is 0 Å². The number of alkyl halides is 1. The van der Waals surface area contributed by atoms with Gasteiger partial charge in [0.05, 0.1) is 18.8 Å². The Bertz CT molecular complexity index is 360. The van der Waals surface area contributed by atoms with E-state index in [9.17, 15) is 4.79 Å². The van der Waals surface area contributed by atoms with Gasteiger partial charge in [0.1, 0.15) is 0 Å². The van der Waals surface area contributed by atoms with E-state index in [1.807, 2.05) is 18.2 Å². The Kier molecular flexibility index (Phi) is 8.18. The number of unbranched alkanes of at least 4 members (excludes halogenated alkanes) is 1. The quantitative estimate of drug-likeness (QED) is 0.517. The van der Waals surface area contributed by atoms with Crippen molar-refractivity contribution in [3.05, 3.63) is 30.1 Å². The summed E-state index contributed by atoms with van der Waals surface area (Å²) in [5.41, 5.74) is 0.893. The normalized spacial score (nSPS) is 10.4. The fraction of sp³-hybridized carbons (Fsp3) is 0.571. The molecule has 1 rings (SSSR count). The Balaban J connectivity index is 2.53. The summed E-state index contributed by atoms with van der Waals surface area (Å²) in [5, 5.41) is 0. The summed E-state index contributed by atoms with van der Waals surface area (Å²) >= 11 is 5.62. The predicted octanol–water partition coefficient (Wildman–Crippen LogP) is 2.47. The molecule has 0 bridgehead atoms. The first-order chi connectivity index (χ1) is 9.27. The van der Waals surface area contributed by atoms with Crippen molar-refractivity contribution in [1.29, 1.82) is 0 Å². The first kappa shape index (κ1) is 15.9. The molecule has 4 nitrogen and oxygen atoms in total. The maximum atomic E-state index is 12.1. The molecule has 0 aliphatic heterocycles. The molecule has 1 amide bonds. The molecular weight excluding hydrogens is 264 g/mol. The van der Waals surface area contributed by atoms with E-state index in [0.29, 0.717) is 32.0 Å². The molecule has 1 heterocycles. The topological polar surface area (TPSA) is 42.4 Å². The lowest BCUT2D eigenvalue weighted by atomic mass is 10.2. The third kappa shape index (κ3) is 6.55. The lowest BCUT2D eigenvalue weighted by Gasteiger charge is -2.22. The fourth-order valence-electron chi connectivity index (χ4n) is 1.71. The van der Waals surface area contributed by atoms with Crippen molar-refractivity contribution >= 4 is 17.5 Å². The largest absolute Gasteiger partial charge is 0.383 e. The van der Waals surface area contributed by atoms with Crippen molar-refractivity contribution in [1.82, 2.24) is 9.88 Å². The third-order valence-electron chi connectivity index (χ3n) is 2.77. The Morgan fingerprint density at radius 1 is 1.42 bits per heavy atom. The summed E-state index contributed by atoms with van der Waals surface area (Å²) in [5.74, 6) is 0.735. The molecule has 1 aromatic heterocycles. The molecule has 0 atom stereocenters. The average Bonchev–Trinajstić information content (AvgIpc) is 2.44. The first-order valence-corrected chi connectivity index (χ1v) is 7.04. The smallest absolute Gasteiger partial charge is 0.222 e. The minimum absolute atomic E-state index is 0.132. The number of rotatable bonds is 9. The summed E-state index contributed by atoms with van der Waals surface area (Å²) in [6.07, 6.45) is 3.97. The van der Waals surface area contributed by atoms with Gasteiger partial charge in [0.25, 0.3) is 0 Å². The van der Waals surface area contributed by atoms with Gasteiger partial charge in [-0.1, -0.05) is 6.07 Å². The van der Waals surface area contributed by atoms with Crippen molar-refractivity contribution in [2.24, 2.45) is 0 Å². The Hall–Kier alpha value is -1.13. The van der Waals surface area contributed by atoms with Crippen LogP contribution >= 0.6 is 11.6 Å². The number of nitrogens with zero attached hydrogens (tertiary/aromatic N) is 2. The van der Waals surface area contributed by atoms with Crippen LogP contribution in [0.25, 0.3) is 0 Å². The van der Waals surface area contributed by atoms with Crippen LogP contribution in [0.3, 0.4) is 0 Å². The lowest BCUT2D eigenvalue weighted by Crippen LogP contribution is -2.33. The van der Waals surface area contributed by atoms with E-state index in [1.54, 1.807) is 18.2 Å². The molecule has 0 aliphatic carbocycles. The molecule has 19 heavy (non-hydrogen) atoms. The summed E-state index contributed by atoms with van der Waals surface area (Å²) < 4.78 is 5.05. The van der Waals surface area contributed by atoms with Crippen molar-refractivity contribution < 1.29 is 9.53 Å². The van der Waals surface area contributed by atoms with Crippen LogP contribution in [0.1, 0.15) is 25.0 Å². The zero-order valence-corrected chi connectivity index (χ0v) is 12.1. The van der Waals surface area contributed by atoms with Gasteiger partial charge in [-0.25, -0.2) is 0 Å². The molecule has 0 N–H and O–H groups in total. The number of methoxy groups -OCH3 is 1. The molecule has 0 aliphatic rings. The molecule has 0 fully saturated rings. The molecule has 0 radical (unpaired) electrons. The summed E-state index contributed by atoms with van der Waals surface area (Å²) in [7, 11) is 1.64. The first-order valence-electron chi connectivity index (χ1n) is 6.50. The second kappa shape index (κ2) is 9.75. The molecule has 0 aromatic carbocycles. The standard InChI is InChI=1S/C14H21ClN2O2/c1-19-11-10-17(14(18)7-2-4-8-15)12-13-6-3-5-9-16-13/h3,5-6,9H,2,4,7-8,10-12H2,1H3. The zero-order chi connectivity index (χ0) is 13.9. The van der Waals surface area contributed by atoms with Gasteiger partial charge in [-0.15, -0.1) is 11.6 Å². The molecule has 106 valence electrons. The van der Waals surface area contributed by atoms with Gasteiger partial charge in [-0.05, 0) is 25.0 Å². The van der Waals surface area contributed by atoms with Crippen LogP contribution in [0.4, 0.5) is 0 Å². The van der Waals surface area contributed by atoms with E-state index in [4.69, 9.17) is 16.3 Å². The van der Waals surface area contributed by atoms with Crippen LogP contribution in [0.2, 0.25) is 0 Å². The predicted molar refractivity (Wildman–Crippen MR) is 76.1 cm³/mol. The maximum Gasteiger partial charge on any atom is 0.222 e. The summed E-state index contributed by atoms with van der Waals surface area (Å²) in [6.45, 7) is 1.66. The summed E-state index contributed by atoms with van der Waals surface area (Å²) in [4.78, 5) is 18.2. The van der Waals surface area contributed by atoms with E-state index in [-0.39, 0.29) is 5.91 Å². The van der Waals surface area contributed by atoms with E-state index >= 15 is 0 Å². The zero-order valence-electron chi connectivity index (χ0n) is 11.3. The van der Waals surface area contributed by atoms with E-state index in [1.165, 1.54) is 0 Å². The number of hydrogen-bond acceptors (Lipinski definition) is 3. The molecule has 0 saturated carbocycles. The molecule has 0 unspecified atom stereocenters. The molecule has 0 saturated heterocycles. The van der Waals surface area contributed by atoms with Crippen LogP contribution in [-0.4, -0.2) is 41.9 Å². The highest BCUT2D eigenvalue weighted by Crippen LogP contribution is 2.06. The number of amides is 1. The number of ether oxygens (including phenoxy) is 1. The van der Waals surface area contributed by atoms with Crippen molar-refractivity contribution in [3.8, 4) is 0 Å². The van der Waals surface area contributed by atoms with E-state index in [2.05, 4.69) is 4.98 Å². The van der Waals surface area contributed by atoms with Gasteiger partial charge < -0.3 is 9.64 Å². The van der Waals surface area contributed by atoms with Gasteiger partial charge in [-0.2, -0.15) is 0 Å². The minimum atomic E-state index is 0.132. The lowest BCUT2D eigenvalue weighted by molar-refractivity contribution is -0.132. The third-order valence-corrected chi connectivity index (χ3v) is 3.04. The van der Waals surface area contributed by atoms with Crippen molar-refractivity contribution in [3.63, 3.8) is 0 Å². The van der Waals surface area contributed by atoms with E-state index < -0.39 is 0 Å². The Morgan fingerprint density at radius 2 is 2.26 bits per heavy atom. The number of pyridine rings is 1. The highest BCUT2D eigenvalue weighted by Gasteiger charge is 2.13. The van der Waals surface area contributed by atoms with Crippen molar-refractivity contribution in [2.45, 2.75) is 25.8 Å². The summed E-state index contributed by atoms with van der Waals surface area (Å²) in [6, 6.07) is 5.71. The number of hydrogen-bond donors (Lipinski definition) is 0. The Labute approximate surface area is 119 Å². The fourth-order valence-corrected chi connectivity index (χ4v) is 1.90. The number of aromatic nitrogens is 1. The van der Waals surface area contributed by atoms with Gasteiger partial charge in [-0.3, -0.25) is 9.78 Å². The second-order valence-corrected chi connectivity index (χ2v) is 4.65. The monoisotopic (exact) mass is 284 g/mol. The number of carbonyl (C=O) groups excluding carboxylic acids is 1. The second-order valence-electron chi connectivity index (χ2n) is 4.28. The molecule has 0 spiro atoms.